The molecular formula is C13H19N5O2. The van der Waals surface area contributed by atoms with E-state index in [1.807, 2.05) is 17.8 Å². The molecular weight excluding hydrogens is 258 g/mol. The third kappa shape index (κ3) is 2.67. The van der Waals surface area contributed by atoms with Crippen molar-refractivity contribution in [1.82, 2.24) is 19.7 Å². The molecule has 0 spiro atoms. The molecule has 1 aliphatic heterocycles. The van der Waals surface area contributed by atoms with E-state index in [1.165, 1.54) is 0 Å². The number of hydrogen-bond acceptors (Lipinski definition) is 6. The third-order valence-corrected chi connectivity index (χ3v) is 3.60. The Labute approximate surface area is 117 Å². The number of hydrogen-bond donors (Lipinski definition) is 1. The lowest BCUT2D eigenvalue weighted by Gasteiger charge is -2.31. The molecule has 3 rings (SSSR count). The Kier molecular flexibility index (Phi) is 3.68. The Bertz CT molecular complexity index is 565. The van der Waals surface area contributed by atoms with Crippen LogP contribution in [0.3, 0.4) is 0 Å². The van der Waals surface area contributed by atoms with Crippen LogP contribution in [0.2, 0.25) is 0 Å². The third-order valence-electron chi connectivity index (χ3n) is 3.60. The number of nitrogens with zero attached hydrogens (tertiary/aromatic N) is 4. The first-order valence-corrected chi connectivity index (χ1v) is 6.87. The zero-order valence-corrected chi connectivity index (χ0v) is 11.7. The number of aromatic nitrogens is 4. The topological polar surface area (TPSA) is 78.0 Å². The summed E-state index contributed by atoms with van der Waals surface area (Å²) in [5.74, 6) is 1.88. The van der Waals surface area contributed by atoms with Crippen molar-refractivity contribution in [3.63, 3.8) is 0 Å². The zero-order valence-electron chi connectivity index (χ0n) is 11.7. The molecule has 2 aromatic rings. The average Bonchev–Trinajstić information content (AvgIpc) is 3.05. The van der Waals surface area contributed by atoms with Crippen LogP contribution < -0.4 is 5.32 Å². The highest BCUT2D eigenvalue weighted by molar-refractivity contribution is 5.17. The fourth-order valence-corrected chi connectivity index (χ4v) is 2.58. The lowest BCUT2D eigenvalue weighted by Crippen LogP contribution is -2.30. The second-order valence-electron chi connectivity index (χ2n) is 5.10. The highest BCUT2D eigenvalue weighted by atomic mass is 16.5. The second-order valence-corrected chi connectivity index (χ2v) is 5.10. The molecule has 1 saturated heterocycles. The smallest absolute Gasteiger partial charge is 0.315 e. The van der Waals surface area contributed by atoms with Gasteiger partial charge in [-0.25, -0.2) is 4.98 Å². The minimum absolute atomic E-state index is 0.0141. The van der Waals surface area contributed by atoms with E-state index in [0.29, 0.717) is 17.8 Å². The van der Waals surface area contributed by atoms with Gasteiger partial charge in [0.25, 0.3) is 0 Å². The maximum atomic E-state index is 5.92. The molecule has 0 amide bonds. The van der Waals surface area contributed by atoms with Crippen LogP contribution in [-0.2, 0) is 11.8 Å². The Morgan fingerprint density at radius 1 is 1.45 bits per heavy atom. The normalized spacial score (nSPS) is 22.9. The first-order chi connectivity index (χ1) is 9.74. The molecule has 1 N–H and O–H groups in total. The maximum Gasteiger partial charge on any atom is 0.315 e. The summed E-state index contributed by atoms with van der Waals surface area (Å²) in [6.45, 7) is 3.30. The van der Waals surface area contributed by atoms with Crippen molar-refractivity contribution in [1.29, 1.82) is 0 Å². The summed E-state index contributed by atoms with van der Waals surface area (Å²) in [5.41, 5.74) is 0. The molecule has 20 heavy (non-hydrogen) atoms. The van der Waals surface area contributed by atoms with Gasteiger partial charge in [-0.15, -0.1) is 5.10 Å². The largest absolute Gasteiger partial charge is 0.408 e. The van der Waals surface area contributed by atoms with Crippen LogP contribution in [0.25, 0.3) is 0 Å². The monoisotopic (exact) mass is 277 g/mol. The van der Waals surface area contributed by atoms with Gasteiger partial charge in [-0.3, -0.25) is 0 Å². The van der Waals surface area contributed by atoms with E-state index in [1.54, 1.807) is 13.1 Å². The van der Waals surface area contributed by atoms with E-state index >= 15 is 0 Å². The summed E-state index contributed by atoms with van der Waals surface area (Å²) < 4.78 is 13.3. The van der Waals surface area contributed by atoms with Crippen LogP contribution in [0, 0.1) is 12.8 Å². The summed E-state index contributed by atoms with van der Waals surface area (Å²) in [5, 5.41) is 10.9. The van der Waals surface area contributed by atoms with Crippen molar-refractivity contribution in [2.75, 3.05) is 18.5 Å². The van der Waals surface area contributed by atoms with Crippen LogP contribution in [-0.4, -0.2) is 32.9 Å². The van der Waals surface area contributed by atoms with E-state index in [0.717, 1.165) is 31.8 Å². The van der Waals surface area contributed by atoms with Gasteiger partial charge in [-0.2, -0.15) is 0 Å². The van der Waals surface area contributed by atoms with Gasteiger partial charge in [0.1, 0.15) is 11.9 Å². The number of anilines is 1. The first kappa shape index (κ1) is 13.1. The van der Waals surface area contributed by atoms with Crippen molar-refractivity contribution in [2.45, 2.75) is 25.9 Å². The number of nitrogens with one attached hydrogen (secondary N) is 1. The quantitative estimate of drug-likeness (QED) is 0.916. The average molecular weight is 277 g/mol. The predicted molar refractivity (Wildman–Crippen MR) is 72.1 cm³/mol. The van der Waals surface area contributed by atoms with E-state index in [2.05, 4.69) is 20.5 Å². The lowest BCUT2D eigenvalue weighted by atomic mass is 9.93. The van der Waals surface area contributed by atoms with E-state index in [4.69, 9.17) is 9.15 Å². The lowest BCUT2D eigenvalue weighted by molar-refractivity contribution is -0.0306. The van der Waals surface area contributed by atoms with Crippen LogP contribution in [0.5, 0.6) is 0 Å². The van der Waals surface area contributed by atoms with Gasteiger partial charge < -0.3 is 19.0 Å². The Hall–Kier alpha value is -1.89. The number of rotatable bonds is 4. The molecule has 0 aliphatic carbocycles. The minimum Gasteiger partial charge on any atom is -0.408 e. The molecule has 1 aliphatic rings. The van der Waals surface area contributed by atoms with Crippen LogP contribution in [0.15, 0.2) is 16.8 Å². The maximum absolute atomic E-state index is 5.92. The summed E-state index contributed by atoms with van der Waals surface area (Å²) in [6, 6.07) is 0.465. The number of imidazole rings is 1. The fourth-order valence-electron chi connectivity index (χ4n) is 2.58. The molecule has 0 saturated carbocycles. The summed E-state index contributed by atoms with van der Waals surface area (Å²) >= 11 is 0. The Morgan fingerprint density at radius 3 is 3.05 bits per heavy atom. The van der Waals surface area contributed by atoms with Crippen molar-refractivity contribution < 1.29 is 9.15 Å². The van der Waals surface area contributed by atoms with Gasteiger partial charge in [-0.05, 0) is 12.8 Å². The molecule has 0 unspecified atom stereocenters. The molecule has 2 aromatic heterocycles. The molecule has 0 radical (unpaired) electrons. The molecule has 0 bridgehead atoms. The highest BCUT2D eigenvalue weighted by Crippen LogP contribution is 2.32. The van der Waals surface area contributed by atoms with Gasteiger partial charge >= 0.3 is 6.01 Å². The van der Waals surface area contributed by atoms with Crippen molar-refractivity contribution in [3.05, 3.63) is 24.1 Å². The van der Waals surface area contributed by atoms with Crippen LogP contribution in [0.4, 0.5) is 6.01 Å². The summed E-state index contributed by atoms with van der Waals surface area (Å²) in [7, 11) is 1.99. The highest BCUT2D eigenvalue weighted by Gasteiger charge is 2.30. The predicted octanol–water partition coefficient (Wildman–Crippen LogP) is 1.69. The Balaban J connectivity index is 1.68. The number of ether oxygens (including phenoxy) is 1. The van der Waals surface area contributed by atoms with E-state index < -0.39 is 0 Å². The van der Waals surface area contributed by atoms with Crippen LogP contribution in [0.1, 0.15) is 30.7 Å². The van der Waals surface area contributed by atoms with Gasteiger partial charge in [0.2, 0.25) is 5.89 Å². The molecule has 0 aromatic carbocycles. The fraction of sp³-hybridized carbons (Fsp3) is 0.615. The first-order valence-electron chi connectivity index (χ1n) is 6.87. The number of aryl methyl sites for hydroxylation is 2. The summed E-state index contributed by atoms with van der Waals surface area (Å²) in [6.07, 6.45) is 5.92. The molecule has 7 heteroatoms. The van der Waals surface area contributed by atoms with Crippen molar-refractivity contribution >= 4 is 6.01 Å². The van der Waals surface area contributed by atoms with Gasteiger partial charge in [0, 0.05) is 45.4 Å². The Morgan fingerprint density at radius 2 is 2.35 bits per heavy atom. The minimum atomic E-state index is 0.0141. The van der Waals surface area contributed by atoms with E-state index in [9.17, 15) is 0 Å². The summed E-state index contributed by atoms with van der Waals surface area (Å²) in [4.78, 5) is 4.41. The van der Waals surface area contributed by atoms with E-state index in [-0.39, 0.29) is 6.10 Å². The molecule has 7 nitrogen and oxygen atoms in total. The molecule has 108 valence electrons. The standard InChI is InChI=1S/C13H19N5O2/c1-9-16-17-13(20-9)15-8-10-4-3-7-19-11(10)12-14-5-6-18(12)2/h5-6,10-11H,3-4,7-8H2,1-2H3,(H,15,17)/t10-,11+/m0/s1. The van der Waals surface area contributed by atoms with Gasteiger partial charge in [-0.1, -0.05) is 5.10 Å². The molecule has 3 heterocycles. The molecule has 1 fully saturated rings. The van der Waals surface area contributed by atoms with Gasteiger partial charge in [0.05, 0.1) is 0 Å². The molecule has 2 atom stereocenters. The SMILES string of the molecule is Cc1nnc(NC[C@@H]2CCCO[C@H]2c2nccn2C)o1. The second kappa shape index (κ2) is 5.62. The van der Waals surface area contributed by atoms with Crippen molar-refractivity contribution in [3.8, 4) is 0 Å². The van der Waals surface area contributed by atoms with Crippen molar-refractivity contribution in [2.24, 2.45) is 13.0 Å². The zero-order chi connectivity index (χ0) is 13.9. The van der Waals surface area contributed by atoms with Crippen LogP contribution >= 0.6 is 0 Å². The van der Waals surface area contributed by atoms with Gasteiger partial charge in [0.15, 0.2) is 0 Å².